The largest absolute Gasteiger partial charge is 0.378 e. The number of aryl methyl sites for hydroxylation is 1. The highest BCUT2D eigenvalue weighted by molar-refractivity contribution is 6.00. The summed E-state index contributed by atoms with van der Waals surface area (Å²) in [6, 6.07) is 4.32. The first-order valence-corrected chi connectivity index (χ1v) is 10.6. The van der Waals surface area contributed by atoms with E-state index in [-0.39, 0.29) is 11.9 Å². The predicted molar refractivity (Wildman–Crippen MR) is 106 cm³/mol. The standard InChI is InChI=1S/C22H31N3O2/c1-3-4-13-27-18-9-7-17(8-10-18)24-22(26)19-11-12-25-20(16-5-6-16)14-15(2)23-21(19)25/h11-12,14,16-18H,3-10,13H2,1-2H3,(H,24,26)/t17-,18-. The fourth-order valence-electron chi connectivity index (χ4n) is 4.13. The lowest BCUT2D eigenvalue weighted by molar-refractivity contribution is 0.0209. The quantitative estimate of drug-likeness (QED) is 0.737. The lowest BCUT2D eigenvalue weighted by atomic mass is 9.92. The zero-order valence-electron chi connectivity index (χ0n) is 16.5. The summed E-state index contributed by atoms with van der Waals surface area (Å²) in [5.74, 6) is 0.633. The van der Waals surface area contributed by atoms with Gasteiger partial charge in [-0.05, 0) is 69.9 Å². The third-order valence-electron chi connectivity index (χ3n) is 5.88. The molecule has 0 radical (unpaired) electrons. The molecule has 146 valence electrons. The van der Waals surface area contributed by atoms with E-state index < -0.39 is 0 Å². The van der Waals surface area contributed by atoms with E-state index >= 15 is 0 Å². The number of nitrogens with one attached hydrogen (secondary N) is 1. The van der Waals surface area contributed by atoms with Gasteiger partial charge in [0.05, 0.1) is 11.7 Å². The molecule has 27 heavy (non-hydrogen) atoms. The number of amides is 1. The minimum atomic E-state index is 0.00713. The molecule has 0 atom stereocenters. The number of hydrogen-bond acceptors (Lipinski definition) is 3. The van der Waals surface area contributed by atoms with Crippen LogP contribution in [0.15, 0.2) is 18.3 Å². The minimum absolute atomic E-state index is 0.00713. The molecule has 2 aliphatic rings. The van der Waals surface area contributed by atoms with Crippen LogP contribution in [-0.2, 0) is 4.74 Å². The molecule has 0 aromatic carbocycles. The minimum Gasteiger partial charge on any atom is -0.378 e. The molecule has 2 aromatic rings. The van der Waals surface area contributed by atoms with Crippen molar-refractivity contribution in [2.24, 2.45) is 0 Å². The third-order valence-corrected chi connectivity index (χ3v) is 5.88. The van der Waals surface area contributed by atoms with Gasteiger partial charge in [-0.25, -0.2) is 4.98 Å². The molecule has 2 saturated carbocycles. The molecule has 2 aliphatic carbocycles. The summed E-state index contributed by atoms with van der Waals surface area (Å²) in [6.45, 7) is 5.06. The van der Waals surface area contributed by atoms with Gasteiger partial charge in [-0.2, -0.15) is 0 Å². The van der Waals surface area contributed by atoms with Crippen LogP contribution in [0.25, 0.3) is 5.65 Å². The Morgan fingerprint density at radius 1 is 1.26 bits per heavy atom. The van der Waals surface area contributed by atoms with Gasteiger partial charge in [0, 0.05) is 30.2 Å². The van der Waals surface area contributed by atoms with E-state index in [4.69, 9.17) is 4.74 Å². The van der Waals surface area contributed by atoms with Gasteiger partial charge in [-0.1, -0.05) is 13.3 Å². The van der Waals surface area contributed by atoms with Gasteiger partial charge in [0.2, 0.25) is 0 Å². The van der Waals surface area contributed by atoms with Crippen LogP contribution >= 0.6 is 0 Å². The number of aromatic nitrogens is 2. The van der Waals surface area contributed by atoms with E-state index in [0.29, 0.717) is 17.6 Å². The van der Waals surface area contributed by atoms with Gasteiger partial charge < -0.3 is 14.5 Å². The Morgan fingerprint density at radius 2 is 2.04 bits per heavy atom. The van der Waals surface area contributed by atoms with Crippen molar-refractivity contribution in [2.45, 2.75) is 83.3 Å². The van der Waals surface area contributed by atoms with Crippen LogP contribution in [0, 0.1) is 6.92 Å². The molecule has 2 fully saturated rings. The maximum atomic E-state index is 12.9. The topological polar surface area (TPSA) is 55.6 Å². The van der Waals surface area contributed by atoms with Gasteiger partial charge in [0.1, 0.15) is 5.65 Å². The number of hydrogen-bond donors (Lipinski definition) is 1. The van der Waals surface area contributed by atoms with E-state index in [2.05, 4.69) is 27.7 Å². The maximum absolute atomic E-state index is 12.9. The highest BCUT2D eigenvalue weighted by atomic mass is 16.5. The van der Waals surface area contributed by atoms with Crippen molar-refractivity contribution < 1.29 is 9.53 Å². The predicted octanol–water partition coefficient (Wildman–Crippen LogP) is 4.38. The first kappa shape index (κ1) is 18.5. The fraction of sp³-hybridized carbons (Fsp3) is 0.636. The van der Waals surface area contributed by atoms with Crippen LogP contribution in [0.1, 0.15) is 86.0 Å². The first-order chi connectivity index (χ1) is 13.2. The molecule has 5 heteroatoms. The zero-order chi connectivity index (χ0) is 18.8. The first-order valence-electron chi connectivity index (χ1n) is 10.6. The molecule has 1 N–H and O–H groups in total. The number of nitrogens with zero attached hydrogens (tertiary/aromatic N) is 2. The lowest BCUT2D eigenvalue weighted by Gasteiger charge is -2.29. The van der Waals surface area contributed by atoms with Crippen molar-refractivity contribution in [2.75, 3.05) is 6.61 Å². The van der Waals surface area contributed by atoms with Crippen LogP contribution in [0.3, 0.4) is 0 Å². The average molecular weight is 370 g/mol. The highest BCUT2D eigenvalue weighted by Crippen LogP contribution is 2.40. The normalized spacial score (nSPS) is 22.9. The SMILES string of the molecule is CCCCO[C@H]1CC[C@H](NC(=O)c2ccn3c(C4CC4)cc(C)nc23)CC1. The lowest BCUT2D eigenvalue weighted by Crippen LogP contribution is -2.39. The number of unbranched alkanes of at least 4 members (excludes halogenated alkanes) is 1. The van der Waals surface area contributed by atoms with E-state index in [1.54, 1.807) is 0 Å². The summed E-state index contributed by atoms with van der Waals surface area (Å²) in [7, 11) is 0. The van der Waals surface area contributed by atoms with Crippen molar-refractivity contribution in [1.82, 2.24) is 14.7 Å². The third kappa shape index (κ3) is 4.18. The van der Waals surface area contributed by atoms with Gasteiger partial charge in [0.15, 0.2) is 0 Å². The van der Waals surface area contributed by atoms with Gasteiger partial charge >= 0.3 is 0 Å². The Labute approximate surface area is 161 Å². The molecule has 0 unspecified atom stereocenters. The second kappa shape index (κ2) is 8.01. The monoisotopic (exact) mass is 369 g/mol. The Hall–Kier alpha value is -1.88. The summed E-state index contributed by atoms with van der Waals surface area (Å²) < 4.78 is 8.04. The van der Waals surface area contributed by atoms with E-state index in [1.807, 2.05) is 19.2 Å². The molecule has 2 aromatic heterocycles. The van der Waals surface area contributed by atoms with Crippen LogP contribution in [0.4, 0.5) is 0 Å². The molecule has 1 amide bonds. The van der Waals surface area contributed by atoms with Crippen LogP contribution in [0.5, 0.6) is 0 Å². The molecule has 2 heterocycles. The van der Waals surface area contributed by atoms with Crippen LogP contribution in [0.2, 0.25) is 0 Å². The second-order valence-electron chi connectivity index (χ2n) is 8.19. The number of fused-ring (bicyclic) bond motifs is 1. The number of carbonyl (C=O) groups is 1. The summed E-state index contributed by atoms with van der Waals surface area (Å²) >= 11 is 0. The van der Waals surface area contributed by atoms with Crippen molar-refractivity contribution >= 4 is 11.6 Å². The highest BCUT2D eigenvalue weighted by Gasteiger charge is 2.28. The van der Waals surface area contributed by atoms with Gasteiger partial charge in [-0.3, -0.25) is 4.79 Å². The van der Waals surface area contributed by atoms with E-state index in [0.717, 1.165) is 50.1 Å². The second-order valence-corrected chi connectivity index (χ2v) is 8.19. The zero-order valence-corrected chi connectivity index (χ0v) is 16.5. The molecule has 4 rings (SSSR count). The van der Waals surface area contributed by atoms with E-state index in [9.17, 15) is 4.79 Å². The van der Waals surface area contributed by atoms with Gasteiger partial charge in [-0.15, -0.1) is 0 Å². The van der Waals surface area contributed by atoms with Crippen molar-refractivity contribution in [3.63, 3.8) is 0 Å². The van der Waals surface area contributed by atoms with Crippen molar-refractivity contribution in [3.05, 3.63) is 35.3 Å². The molecular formula is C22H31N3O2. The molecule has 0 saturated heterocycles. The van der Waals surface area contributed by atoms with Gasteiger partial charge in [0.25, 0.3) is 5.91 Å². The summed E-state index contributed by atoms with van der Waals surface area (Å²) in [5.41, 5.74) is 3.77. The maximum Gasteiger partial charge on any atom is 0.255 e. The van der Waals surface area contributed by atoms with Crippen LogP contribution in [-0.4, -0.2) is 34.0 Å². The Balaban J connectivity index is 1.39. The summed E-state index contributed by atoms with van der Waals surface area (Å²) in [4.78, 5) is 17.5. The Morgan fingerprint density at radius 3 is 2.74 bits per heavy atom. The van der Waals surface area contributed by atoms with Crippen molar-refractivity contribution in [3.8, 4) is 0 Å². The molecular weight excluding hydrogens is 338 g/mol. The average Bonchev–Trinajstić information content (AvgIpc) is 3.42. The fourth-order valence-corrected chi connectivity index (χ4v) is 4.13. The Bertz CT molecular complexity index is 801. The summed E-state index contributed by atoms with van der Waals surface area (Å²) in [5, 5.41) is 3.24. The van der Waals surface area contributed by atoms with E-state index in [1.165, 1.54) is 25.0 Å². The molecule has 0 spiro atoms. The van der Waals surface area contributed by atoms with Crippen LogP contribution < -0.4 is 5.32 Å². The smallest absolute Gasteiger partial charge is 0.255 e. The molecule has 0 aliphatic heterocycles. The van der Waals surface area contributed by atoms with Crippen molar-refractivity contribution in [1.29, 1.82) is 0 Å². The molecule has 0 bridgehead atoms. The number of carbonyl (C=O) groups excluding carboxylic acids is 1. The number of rotatable bonds is 7. The Kier molecular flexibility index (Phi) is 5.48. The molecule has 5 nitrogen and oxygen atoms in total. The number of ether oxygens (including phenoxy) is 1. The summed E-state index contributed by atoms with van der Waals surface area (Å²) in [6.07, 6.45) is 11.2.